The zero-order valence-electron chi connectivity index (χ0n) is 15.1. The number of aromatic nitrogens is 2. The van der Waals surface area contributed by atoms with Crippen LogP contribution in [0.5, 0.6) is 11.5 Å². The Morgan fingerprint density at radius 3 is 2.78 bits per heavy atom. The molecule has 0 aliphatic carbocycles. The molecule has 1 atom stereocenters. The van der Waals surface area contributed by atoms with E-state index in [2.05, 4.69) is 9.55 Å². The molecule has 0 radical (unpaired) electrons. The quantitative estimate of drug-likeness (QED) is 0.688. The van der Waals surface area contributed by atoms with E-state index >= 15 is 0 Å². The molecule has 4 rings (SSSR count). The molecule has 0 amide bonds. The van der Waals surface area contributed by atoms with Crippen LogP contribution in [0.15, 0.2) is 48.8 Å². The zero-order valence-corrected chi connectivity index (χ0v) is 15.8. The highest BCUT2D eigenvalue weighted by atomic mass is 35.5. The highest BCUT2D eigenvalue weighted by molar-refractivity contribution is 6.32. The predicted molar refractivity (Wildman–Crippen MR) is 105 cm³/mol. The van der Waals surface area contributed by atoms with Gasteiger partial charge in [0.25, 0.3) is 0 Å². The number of hydrogen-bond acceptors (Lipinski definition) is 4. The molecule has 0 saturated carbocycles. The fourth-order valence-electron chi connectivity index (χ4n) is 3.50. The lowest BCUT2D eigenvalue weighted by molar-refractivity contribution is 0.0973. The standard InChI is InChI=1S/C21H21ClN2O3/c1-26-18-11-15(10-17(22)21(18)25)20-19(14-6-3-2-4-7-14)23-13-24(20)12-16-8-5-9-27-16/h2-4,6-7,10-11,13,16,25H,5,8-9,12H2,1H3. The van der Waals surface area contributed by atoms with E-state index in [1.54, 1.807) is 12.1 Å². The van der Waals surface area contributed by atoms with Gasteiger partial charge in [-0.3, -0.25) is 0 Å². The minimum Gasteiger partial charge on any atom is -0.503 e. The Balaban J connectivity index is 1.85. The number of methoxy groups -OCH3 is 1. The summed E-state index contributed by atoms with van der Waals surface area (Å²) >= 11 is 6.25. The van der Waals surface area contributed by atoms with E-state index in [4.69, 9.17) is 21.1 Å². The second-order valence-corrected chi connectivity index (χ2v) is 7.01. The van der Waals surface area contributed by atoms with Crippen molar-refractivity contribution in [3.8, 4) is 34.0 Å². The molecular weight excluding hydrogens is 364 g/mol. The van der Waals surface area contributed by atoms with Gasteiger partial charge in [0.15, 0.2) is 11.5 Å². The second-order valence-electron chi connectivity index (χ2n) is 6.60. The topological polar surface area (TPSA) is 56.5 Å². The van der Waals surface area contributed by atoms with E-state index in [1.165, 1.54) is 7.11 Å². The van der Waals surface area contributed by atoms with Crippen molar-refractivity contribution in [1.29, 1.82) is 0 Å². The number of aromatic hydroxyl groups is 1. The van der Waals surface area contributed by atoms with Gasteiger partial charge in [-0.2, -0.15) is 0 Å². The summed E-state index contributed by atoms with van der Waals surface area (Å²) in [5.74, 6) is 0.274. The third-order valence-corrected chi connectivity index (χ3v) is 5.12. The van der Waals surface area contributed by atoms with E-state index < -0.39 is 0 Å². The van der Waals surface area contributed by atoms with Crippen LogP contribution in [0.1, 0.15) is 12.8 Å². The van der Waals surface area contributed by atoms with Crippen LogP contribution in [0.25, 0.3) is 22.5 Å². The summed E-state index contributed by atoms with van der Waals surface area (Å²) in [6.07, 6.45) is 4.14. The number of phenolic OH excluding ortho intramolecular Hbond substituents is 1. The van der Waals surface area contributed by atoms with Crippen molar-refractivity contribution in [2.75, 3.05) is 13.7 Å². The van der Waals surface area contributed by atoms with Gasteiger partial charge in [-0.15, -0.1) is 0 Å². The molecule has 3 aromatic rings. The first-order chi connectivity index (χ1) is 13.2. The van der Waals surface area contributed by atoms with Gasteiger partial charge in [-0.05, 0) is 25.0 Å². The molecule has 1 unspecified atom stereocenters. The third-order valence-electron chi connectivity index (χ3n) is 4.83. The normalized spacial score (nSPS) is 16.6. The lowest BCUT2D eigenvalue weighted by Crippen LogP contribution is -2.15. The monoisotopic (exact) mass is 384 g/mol. The Labute approximate surface area is 163 Å². The molecule has 2 heterocycles. The summed E-state index contributed by atoms with van der Waals surface area (Å²) < 4.78 is 13.2. The highest BCUT2D eigenvalue weighted by Gasteiger charge is 2.22. The Morgan fingerprint density at radius 2 is 2.07 bits per heavy atom. The zero-order chi connectivity index (χ0) is 18.8. The average molecular weight is 385 g/mol. The van der Waals surface area contributed by atoms with Crippen molar-refractivity contribution in [3.05, 3.63) is 53.8 Å². The van der Waals surface area contributed by atoms with Crippen molar-refractivity contribution in [2.24, 2.45) is 0 Å². The second kappa shape index (κ2) is 7.62. The summed E-state index contributed by atoms with van der Waals surface area (Å²) in [7, 11) is 1.51. The number of ether oxygens (including phenoxy) is 2. The maximum absolute atomic E-state index is 10.1. The fraction of sp³-hybridized carbons (Fsp3) is 0.286. The van der Waals surface area contributed by atoms with Crippen molar-refractivity contribution in [2.45, 2.75) is 25.5 Å². The van der Waals surface area contributed by atoms with E-state index in [1.807, 2.05) is 36.7 Å². The molecule has 27 heavy (non-hydrogen) atoms. The van der Waals surface area contributed by atoms with Gasteiger partial charge in [0.1, 0.15) is 0 Å². The van der Waals surface area contributed by atoms with Crippen LogP contribution in [0.4, 0.5) is 0 Å². The average Bonchev–Trinajstić information content (AvgIpc) is 3.35. The first-order valence-corrected chi connectivity index (χ1v) is 9.34. The van der Waals surface area contributed by atoms with Crippen molar-refractivity contribution >= 4 is 11.6 Å². The minimum atomic E-state index is -0.0608. The number of hydrogen-bond donors (Lipinski definition) is 1. The molecular formula is C21H21ClN2O3. The maximum Gasteiger partial charge on any atom is 0.176 e. The van der Waals surface area contributed by atoms with Gasteiger partial charge in [-0.25, -0.2) is 4.98 Å². The predicted octanol–water partition coefficient (Wildman–Crippen LogP) is 4.76. The van der Waals surface area contributed by atoms with E-state index in [9.17, 15) is 5.11 Å². The van der Waals surface area contributed by atoms with Gasteiger partial charge in [0.2, 0.25) is 0 Å². The molecule has 2 aromatic carbocycles. The number of benzene rings is 2. The first-order valence-electron chi connectivity index (χ1n) is 8.96. The number of imidazole rings is 1. The van der Waals surface area contributed by atoms with Gasteiger partial charge in [0, 0.05) is 17.7 Å². The molecule has 1 saturated heterocycles. The molecule has 140 valence electrons. The van der Waals surface area contributed by atoms with Gasteiger partial charge >= 0.3 is 0 Å². The number of rotatable bonds is 5. The molecule has 1 aromatic heterocycles. The molecule has 5 nitrogen and oxygen atoms in total. The maximum atomic E-state index is 10.1. The number of phenols is 1. The van der Waals surface area contributed by atoms with Crippen LogP contribution < -0.4 is 4.74 Å². The van der Waals surface area contributed by atoms with Crippen LogP contribution in [-0.2, 0) is 11.3 Å². The minimum absolute atomic E-state index is 0.0608. The van der Waals surface area contributed by atoms with Gasteiger partial charge in [-0.1, -0.05) is 41.9 Å². The summed E-state index contributed by atoms with van der Waals surface area (Å²) in [5, 5.41) is 10.3. The van der Waals surface area contributed by atoms with Crippen LogP contribution in [0, 0.1) is 0 Å². The SMILES string of the molecule is COc1cc(-c2c(-c3ccccc3)ncn2CC2CCCO2)cc(Cl)c1O. The van der Waals surface area contributed by atoms with Crippen LogP contribution in [0.2, 0.25) is 5.02 Å². The molecule has 1 fully saturated rings. The third kappa shape index (κ3) is 3.53. The lowest BCUT2D eigenvalue weighted by atomic mass is 10.0. The Morgan fingerprint density at radius 1 is 1.26 bits per heavy atom. The largest absolute Gasteiger partial charge is 0.503 e. The fourth-order valence-corrected chi connectivity index (χ4v) is 3.72. The van der Waals surface area contributed by atoms with Gasteiger partial charge < -0.3 is 19.1 Å². The first kappa shape index (κ1) is 17.9. The smallest absolute Gasteiger partial charge is 0.176 e. The Bertz CT molecular complexity index is 934. The summed E-state index contributed by atoms with van der Waals surface area (Å²) in [6, 6.07) is 13.5. The molecule has 1 N–H and O–H groups in total. The van der Waals surface area contributed by atoms with Gasteiger partial charge in [0.05, 0.1) is 42.5 Å². The van der Waals surface area contributed by atoms with Crippen LogP contribution in [-0.4, -0.2) is 34.5 Å². The van der Waals surface area contributed by atoms with Crippen molar-refractivity contribution in [1.82, 2.24) is 9.55 Å². The summed E-state index contributed by atoms with van der Waals surface area (Å²) in [6.45, 7) is 1.52. The molecule has 1 aliphatic heterocycles. The van der Waals surface area contributed by atoms with Crippen LogP contribution in [0.3, 0.4) is 0 Å². The van der Waals surface area contributed by atoms with E-state index in [0.29, 0.717) is 5.75 Å². The highest BCUT2D eigenvalue weighted by Crippen LogP contribution is 2.41. The Kier molecular flexibility index (Phi) is 5.05. The molecule has 0 spiro atoms. The van der Waals surface area contributed by atoms with E-state index in [-0.39, 0.29) is 16.9 Å². The number of halogens is 1. The van der Waals surface area contributed by atoms with Crippen molar-refractivity contribution < 1.29 is 14.6 Å². The van der Waals surface area contributed by atoms with E-state index in [0.717, 1.165) is 48.5 Å². The molecule has 6 heteroatoms. The summed E-state index contributed by atoms with van der Waals surface area (Å²) in [4.78, 5) is 4.67. The number of nitrogens with zero attached hydrogens (tertiary/aromatic N) is 2. The Hall–Kier alpha value is -2.50. The molecule has 1 aliphatic rings. The molecule has 0 bridgehead atoms. The lowest BCUT2D eigenvalue weighted by Gasteiger charge is -2.16. The van der Waals surface area contributed by atoms with Crippen LogP contribution >= 0.6 is 11.6 Å². The van der Waals surface area contributed by atoms with Crippen molar-refractivity contribution in [3.63, 3.8) is 0 Å². The summed E-state index contributed by atoms with van der Waals surface area (Å²) in [5.41, 5.74) is 3.64.